The predicted octanol–water partition coefficient (Wildman–Crippen LogP) is 2.60. The maximum atomic E-state index is 12.2. The number of ether oxygens (including phenoxy) is 2. The van der Waals surface area contributed by atoms with E-state index in [-0.39, 0.29) is 18.5 Å². The van der Waals surface area contributed by atoms with Crippen molar-refractivity contribution in [1.82, 2.24) is 4.31 Å². The number of benzene rings is 2. The lowest BCUT2D eigenvalue weighted by Crippen LogP contribution is -2.38. The molecule has 0 spiro atoms. The van der Waals surface area contributed by atoms with Crippen LogP contribution in [0.25, 0.3) is 0 Å². The summed E-state index contributed by atoms with van der Waals surface area (Å²) in [6, 6.07) is 13.2. The van der Waals surface area contributed by atoms with Crippen LogP contribution in [0.2, 0.25) is 0 Å². The van der Waals surface area contributed by atoms with Gasteiger partial charge in [0.1, 0.15) is 24.2 Å². The molecule has 0 fully saturated rings. The fourth-order valence-corrected chi connectivity index (χ4v) is 4.55. The third-order valence-electron chi connectivity index (χ3n) is 4.83. The zero-order chi connectivity index (χ0) is 21.7. The Kier molecular flexibility index (Phi) is 6.98. The molecule has 8 heteroatoms. The Hall–Kier alpha value is -2.60. The summed E-state index contributed by atoms with van der Waals surface area (Å²) < 4.78 is 37.3. The molecular weight excluding hydrogens is 404 g/mol. The highest BCUT2D eigenvalue weighted by molar-refractivity contribution is 7.89. The minimum absolute atomic E-state index is 0.00996. The van der Waals surface area contributed by atoms with E-state index in [1.54, 1.807) is 12.1 Å². The van der Waals surface area contributed by atoms with Crippen LogP contribution in [0.4, 0.5) is 0 Å². The summed E-state index contributed by atoms with van der Waals surface area (Å²) in [6.45, 7) is 4.45. The molecule has 0 saturated heterocycles. The predicted molar refractivity (Wildman–Crippen MR) is 113 cm³/mol. The first-order valence-electron chi connectivity index (χ1n) is 9.85. The van der Waals surface area contributed by atoms with E-state index in [4.69, 9.17) is 14.6 Å². The zero-order valence-electron chi connectivity index (χ0n) is 17.2. The number of nitriles is 1. The Balaban J connectivity index is 1.67. The van der Waals surface area contributed by atoms with E-state index < -0.39 is 10.0 Å². The number of aliphatic hydroxyl groups excluding tert-OH is 1. The van der Waals surface area contributed by atoms with Crippen LogP contribution < -0.4 is 9.47 Å². The summed E-state index contributed by atoms with van der Waals surface area (Å²) in [4.78, 5) is 0. The van der Waals surface area contributed by atoms with Gasteiger partial charge in [-0.3, -0.25) is 0 Å². The second-order valence-corrected chi connectivity index (χ2v) is 9.54. The SMILES string of the molecule is CC(C)Oc1ccc(COc2ccc3c(c2)CCN(S(=O)(=O)CCO)C3)cc1C#N. The molecule has 0 aliphatic carbocycles. The molecule has 0 aromatic heterocycles. The van der Waals surface area contributed by atoms with Gasteiger partial charge < -0.3 is 14.6 Å². The molecule has 7 nitrogen and oxygen atoms in total. The topological polar surface area (TPSA) is 99.9 Å². The number of aliphatic hydroxyl groups is 1. The lowest BCUT2D eigenvalue weighted by Gasteiger charge is -2.28. The smallest absolute Gasteiger partial charge is 0.216 e. The number of fused-ring (bicyclic) bond motifs is 1. The third-order valence-corrected chi connectivity index (χ3v) is 6.63. The van der Waals surface area contributed by atoms with Crippen molar-refractivity contribution in [2.45, 2.75) is 39.5 Å². The van der Waals surface area contributed by atoms with Crippen molar-refractivity contribution < 1.29 is 23.0 Å². The van der Waals surface area contributed by atoms with Crippen molar-refractivity contribution in [1.29, 1.82) is 5.26 Å². The summed E-state index contributed by atoms with van der Waals surface area (Å²) in [7, 11) is -3.43. The van der Waals surface area contributed by atoms with Crippen LogP contribution in [0.5, 0.6) is 11.5 Å². The summed E-state index contributed by atoms with van der Waals surface area (Å²) in [5, 5.41) is 18.3. The molecule has 3 rings (SSSR count). The van der Waals surface area contributed by atoms with Crippen LogP contribution in [0.15, 0.2) is 36.4 Å². The Labute approximate surface area is 177 Å². The van der Waals surface area contributed by atoms with E-state index in [0.29, 0.717) is 43.2 Å². The average molecular weight is 431 g/mol. The highest BCUT2D eigenvalue weighted by atomic mass is 32.2. The summed E-state index contributed by atoms with van der Waals surface area (Å²) in [5.41, 5.74) is 3.33. The van der Waals surface area contributed by atoms with E-state index in [2.05, 4.69) is 6.07 Å². The summed E-state index contributed by atoms with van der Waals surface area (Å²) >= 11 is 0. The molecule has 1 N–H and O–H groups in total. The van der Waals surface area contributed by atoms with Crippen LogP contribution >= 0.6 is 0 Å². The van der Waals surface area contributed by atoms with Crippen LogP contribution in [-0.4, -0.2) is 42.8 Å². The normalized spacial score (nSPS) is 14.2. The van der Waals surface area contributed by atoms with Crippen LogP contribution in [0, 0.1) is 11.3 Å². The fraction of sp³-hybridized carbons (Fsp3) is 0.409. The molecule has 1 aliphatic rings. The molecule has 2 aromatic carbocycles. The van der Waals surface area contributed by atoms with Crippen molar-refractivity contribution in [2.24, 2.45) is 0 Å². The molecule has 0 amide bonds. The molecule has 0 radical (unpaired) electrons. The molecule has 0 unspecified atom stereocenters. The molecule has 160 valence electrons. The van der Waals surface area contributed by atoms with Gasteiger partial charge in [0.25, 0.3) is 0 Å². The Morgan fingerprint density at radius 2 is 2.00 bits per heavy atom. The van der Waals surface area contributed by atoms with Crippen LogP contribution in [0.1, 0.15) is 36.1 Å². The summed E-state index contributed by atoms with van der Waals surface area (Å²) in [5.74, 6) is 1.00. The van der Waals surface area contributed by atoms with E-state index in [0.717, 1.165) is 16.7 Å². The zero-order valence-corrected chi connectivity index (χ0v) is 18.0. The van der Waals surface area contributed by atoms with E-state index in [1.807, 2.05) is 38.1 Å². The van der Waals surface area contributed by atoms with Gasteiger partial charge >= 0.3 is 0 Å². The first kappa shape index (κ1) is 22.1. The van der Waals surface area contributed by atoms with Crippen molar-refractivity contribution >= 4 is 10.0 Å². The van der Waals surface area contributed by atoms with Gasteiger partial charge in [-0.2, -0.15) is 9.57 Å². The second-order valence-electron chi connectivity index (χ2n) is 7.45. The van der Waals surface area contributed by atoms with Gasteiger partial charge in [0.2, 0.25) is 10.0 Å². The Bertz CT molecular complexity index is 1040. The van der Waals surface area contributed by atoms with Gasteiger partial charge in [0.05, 0.1) is 24.0 Å². The minimum Gasteiger partial charge on any atom is -0.490 e. The monoisotopic (exact) mass is 430 g/mol. The van der Waals surface area contributed by atoms with Gasteiger partial charge in [0.15, 0.2) is 0 Å². The number of hydrogen-bond acceptors (Lipinski definition) is 6. The van der Waals surface area contributed by atoms with Crippen molar-refractivity contribution in [3.63, 3.8) is 0 Å². The molecule has 1 heterocycles. The van der Waals surface area contributed by atoms with Crippen LogP contribution in [-0.2, 0) is 29.6 Å². The lowest BCUT2D eigenvalue weighted by molar-refractivity contribution is 0.241. The van der Waals surface area contributed by atoms with E-state index in [1.165, 1.54) is 4.31 Å². The highest BCUT2D eigenvalue weighted by Crippen LogP contribution is 2.27. The second kappa shape index (κ2) is 9.47. The molecule has 30 heavy (non-hydrogen) atoms. The third kappa shape index (κ3) is 5.30. The first-order valence-corrected chi connectivity index (χ1v) is 11.5. The molecule has 0 atom stereocenters. The van der Waals surface area contributed by atoms with Gasteiger partial charge in [0, 0.05) is 13.1 Å². The van der Waals surface area contributed by atoms with Crippen molar-refractivity contribution in [2.75, 3.05) is 18.9 Å². The molecular formula is C22H26N2O5S. The summed E-state index contributed by atoms with van der Waals surface area (Å²) in [6.07, 6.45) is 0.584. The average Bonchev–Trinajstić information content (AvgIpc) is 2.72. The van der Waals surface area contributed by atoms with E-state index in [9.17, 15) is 13.7 Å². The first-order chi connectivity index (χ1) is 14.3. The number of nitrogens with zero attached hydrogens (tertiary/aromatic N) is 2. The maximum Gasteiger partial charge on any atom is 0.216 e. The quantitative estimate of drug-likeness (QED) is 0.691. The van der Waals surface area contributed by atoms with Gasteiger partial charge in [-0.25, -0.2) is 8.42 Å². The van der Waals surface area contributed by atoms with Gasteiger partial charge in [-0.05, 0) is 61.2 Å². The molecule has 0 bridgehead atoms. The highest BCUT2D eigenvalue weighted by Gasteiger charge is 2.26. The molecule has 1 aliphatic heterocycles. The van der Waals surface area contributed by atoms with Crippen LogP contribution in [0.3, 0.4) is 0 Å². The molecule has 2 aromatic rings. The van der Waals surface area contributed by atoms with Gasteiger partial charge in [-0.15, -0.1) is 0 Å². The number of rotatable bonds is 8. The number of hydrogen-bond donors (Lipinski definition) is 1. The Morgan fingerprint density at radius 3 is 2.70 bits per heavy atom. The minimum atomic E-state index is -3.43. The number of sulfonamides is 1. The lowest BCUT2D eigenvalue weighted by atomic mass is 10.0. The maximum absolute atomic E-state index is 12.2. The fourth-order valence-electron chi connectivity index (χ4n) is 3.35. The van der Waals surface area contributed by atoms with Crippen molar-refractivity contribution in [3.05, 3.63) is 58.7 Å². The van der Waals surface area contributed by atoms with Gasteiger partial charge in [-0.1, -0.05) is 12.1 Å². The Morgan fingerprint density at radius 1 is 1.20 bits per heavy atom. The van der Waals surface area contributed by atoms with Crippen molar-refractivity contribution in [3.8, 4) is 17.6 Å². The standard InChI is InChI=1S/C22H26N2O5S/c1-16(2)29-22-6-3-17(11-20(22)13-23)15-28-21-5-4-19-14-24(8-7-18(19)12-21)30(26,27)10-9-25/h3-6,11-12,16,25H,7-10,14-15H2,1-2H3. The molecule has 0 saturated carbocycles. The van der Waals surface area contributed by atoms with E-state index >= 15 is 0 Å². The largest absolute Gasteiger partial charge is 0.490 e.